The summed E-state index contributed by atoms with van der Waals surface area (Å²) in [5, 5.41) is 11.4. The highest BCUT2D eigenvalue weighted by molar-refractivity contribution is 5.94. The van der Waals surface area contributed by atoms with Crippen LogP contribution in [-0.2, 0) is 0 Å². The first-order chi connectivity index (χ1) is 8.22. The van der Waals surface area contributed by atoms with Gasteiger partial charge in [0.2, 0.25) is 0 Å². The third-order valence-corrected chi connectivity index (χ3v) is 2.43. The van der Waals surface area contributed by atoms with Crippen LogP contribution in [0.15, 0.2) is 18.3 Å². The van der Waals surface area contributed by atoms with Gasteiger partial charge in [0, 0.05) is 31.9 Å². The first-order valence-electron chi connectivity index (χ1n) is 5.53. The zero-order valence-electron chi connectivity index (χ0n) is 10.1. The molecule has 0 saturated carbocycles. The summed E-state index contributed by atoms with van der Waals surface area (Å²) in [5.74, 6) is 0.592. The van der Waals surface area contributed by atoms with Crippen LogP contribution in [0.5, 0.6) is 0 Å². The van der Waals surface area contributed by atoms with Crippen LogP contribution < -0.4 is 5.32 Å². The zero-order chi connectivity index (χ0) is 12.7. The van der Waals surface area contributed by atoms with Crippen molar-refractivity contribution < 1.29 is 4.79 Å². The third-order valence-electron chi connectivity index (χ3n) is 2.43. The number of pyridine rings is 1. The van der Waals surface area contributed by atoms with Gasteiger partial charge < -0.3 is 10.2 Å². The Balaban J connectivity index is 2.82. The van der Waals surface area contributed by atoms with Crippen molar-refractivity contribution in [1.82, 2.24) is 9.88 Å². The number of carbonyl (C=O) groups is 1. The van der Waals surface area contributed by atoms with E-state index in [9.17, 15) is 4.79 Å². The van der Waals surface area contributed by atoms with E-state index in [0.717, 1.165) is 0 Å². The van der Waals surface area contributed by atoms with Gasteiger partial charge in [-0.25, -0.2) is 4.98 Å². The molecule has 0 bridgehead atoms. The van der Waals surface area contributed by atoms with Gasteiger partial charge in [-0.3, -0.25) is 4.79 Å². The average Bonchev–Trinajstić information content (AvgIpc) is 2.39. The second kappa shape index (κ2) is 6.48. The van der Waals surface area contributed by atoms with Crippen molar-refractivity contribution in [2.24, 2.45) is 0 Å². The minimum Gasteiger partial charge on any atom is -0.373 e. The van der Waals surface area contributed by atoms with Gasteiger partial charge in [0.25, 0.3) is 5.91 Å². The standard InChI is InChI=1S/C12H16N4O/c1-3-16(8-4-6-13)12(17)10-5-7-15-11(9-10)14-2/h5,7,9H,3-4,8H2,1-2H3,(H,14,15). The van der Waals surface area contributed by atoms with Crippen molar-refractivity contribution in [3.8, 4) is 6.07 Å². The molecular weight excluding hydrogens is 216 g/mol. The van der Waals surface area contributed by atoms with Gasteiger partial charge in [0.1, 0.15) is 5.82 Å². The maximum absolute atomic E-state index is 12.1. The molecule has 1 aromatic heterocycles. The molecule has 5 nitrogen and oxygen atoms in total. The number of nitrogens with one attached hydrogen (secondary N) is 1. The second-order valence-electron chi connectivity index (χ2n) is 3.47. The summed E-state index contributed by atoms with van der Waals surface area (Å²) in [5.41, 5.74) is 0.587. The van der Waals surface area contributed by atoms with Gasteiger partial charge in [0.15, 0.2) is 0 Å². The molecule has 1 N–H and O–H groups in total. The lowest BCUT2D eigenvalue weighted by molar-refractivity contribution is 0.0768. The molecule has 1 heterocycles. The number of aromatic nitrogens is 1. The number of nitriles is 1. The van der Waals surface area contributed by atoms with Crippen molar-refractivity contribution in [2.45, 2.75) is 13.3 Å². The van der Waals surface area contributed by atoms with Crippen LogP contribution in [0.25, 0.3) is 0 Å². The molecule has 0 aliphatic heterocycles. The van der Waals surface area contributed by atoms with Crippen LogP contribution in [0.2, 0.25) is 0 Å². The van der Waals surface area contributed by atoms with E-state index in [2.05, 4.69) is 10.3 Å². The van der Waals surface area contributed by atoms with E-state index in [1.807, 2.05) is 13.0 Å². The van der Waals surface area contributed by atoms with Gasteiger partial charge in [-0.1, -0.05) is 0 Å². The Morgan fingerprint density at radius 2 is 2.41 bits per heavy atom. The van der Waals surface area contributed by atoms with E-state index < -0.39 is 0 Å². The van der Waals surface area contributed by atoms with Crippen molar-refractivity contribution in [1.29, 1.82) is 5.26 Å². The Kier molecular flexibility index (Phi) is 4.95. The normalized spacial score (nSPS) is 9.47. The van der Waals surface area contributed by atoms with E-state index in [0.29, 0.717) is 30.9 Å². The van der Waals surface area contributed by atoms with Crippen LogP contribution in [0.4, 0.5) is 5.82 Å². The smallest absolute Gasteiger partial charge is 0.254 e. The molecular formula is C12H16N4O. The molecule has 1 aromatic rings. The van der Waals surface area contributed by atoms with Gasteiger partial charge in [-0.15, -0.1) is 0 Å². The molecule has 1 rings (SSSR count). The first kappa shape index (κ1) is 13.0. The summed E-state index contributed by atoms with van der Waals surface area (Å²) in [4.78, 5) is 17.8. The van der Waals surface area contributed by atoms with Crippen molar-refractivity contribution in [3.05, 3.63) is 23.9 Å². The fourth-order valence-electron chi connectivity index (χ4n) is 1.47. The van der Waals surface area contributed by atoms with E-state index in [4.69, 9.17) is 5.26 Å². The second-order valence-corrected chi connectivity index (χ2v) is 3.47. The van der Waals surface area contributed by atoms with Crippen LogP contribution in [-0.4, -0.2) is 35.9 Å². The number of carbonyl (C=O) groups excluding carboxylic acids is 1. The molecule has 0 spiro atoms. The minimum absolute atomic E-state index is 0.0679. The quantitative estimate of drug-likeness (QED) is 0.835. The highest BCUT2D eigenvalue weighted by atomic mass is 16.2. The maximum atomic E-state index is 12.1. The van der Waals surface area contributed by atoms with Crippen molar-refractivity contribution in [2.75, 3.05) is 25.5 Å². The maximum Gasteiger partial charge on any atom is 0.254 e. The number of amides is 1. The van der Waals surface area contributed by atoms with E-state index >= 15 is 0 Å². The lowest BCUT2D eigenvalue weighted by Crippen LogP contribution is -2.31. The molecule has 0 saturated heterocycles. The Labute approximate surface area is 101 Å². The first-order valence-corrected chi connectivity index (χ1v) is 5.53. The molecule has 1 amide bonds. The summed E-state index contributed by atoms with van der Waals surface area (Å²) in [6, 6.07) is 5.43. The van der Waals surface area contributed by atoms with Crippen LogP contribution in [0.1, 0.15) is 23.7 Å². The van der Waals surface area contributed by atoms with Gasteiger partial charge in [0.05, 0.1) is 12.5 Å². The van der Waals surface area contributed by atoms with E-state index in [-0.39, 0.29) is 5.91 Å². The van der Waals surface area contributed by atoms with E-state index in [1.54, 1.807) is 30.3 Å². The fourth-order valence-corrected chi connectivity index (χ4v) is 1.47. The molecule has 0 aromatic carbocycles. The Hall–Kier alpha value is -2.09. The topological polar surface area (TPSA) is 69.0 Å². The van der Waals surface area contributed by atoms with Gasteiger partial charge in [-0.2, -0.15) is 5.26 Å². The SMILES string of the molecule is CCN(CCC#N)C(=O)c1ccnc(NC)c1. The number of hydrogen-bond donors (Lipinski definition) is 1. The zero-order valence-corrected chi connectivity index (χ0v) is 10.1. The summed E-state index contributed by atoms with van der Waals surface area (Å²) >= 11 is 0. The largest absolute Gasteiger partial charge is 0.373 e. The number of anilines is 1. The molecule has 5 heteroatoms. The number of rotatable bonds is 5. The van der Waals surface area contributed by atoms with Crippen LogP contribution >= 0.6 is 0 Å². The Morgan fingerprint density at radius 1 is 1.65 bits per heavy atom. The fraction of sp³-hybridized carbons (Fsp3) is 0.417. The highest BCUT2D eigenvalue weighted by Crippen LogP contribution is 2.09. The molecule has 17 heavy (non-hydrogen) atoms. The van der Waals surface area contributed by atoms with Gasteiger partial charge in [-0.05, 0) is 19.1 Å². The predicted molar refractivity (Wildman–Crippen MR) is 65.6 cm³/mol. The Bertz CT molecular complexity index is 425. The van der Waals surface area contributed by atoms with Crippen molar-refractivity contribution >= 4 is 11.7 Å². The lowest BCUT2D eigenvalue weighted by Gasteiger charge is -2.19. The molecule has 0 aliphatic carbocycles. The minimum atomic E-state index is -0.0679. The summed E-state index contributed by atoms with van der Waals surface area (Å²) in [7, 11) is 1.75. The third kappa shape index (κ3) is 3.45. The van der Waals surface area contributed by atoms with Crippen molar-refractivity contribution in [3.63, 3.8) is 0 Å². The van der Waals surface area contributed by atoms with E-state index in [1.165, 1.54) is 0 Å². The lowest BCUT2D eigenvalue weighted by atomic mass is 10.2. The average molecular weight is 232 g/mol. The Morgan fingerprint density at radius 3 is 3.00 bits per heavy atom. The number of hydrogen-bond acceptors (Lipinski definition) is 4. The molecule has 0 aliphatic rings. The number of nitrogens with zero attached hydrogens (tertiary/aromatic N) is 3. The molecule has 90 valence electrons. The summed E-state index contributed by atoms with van der Waals surface area (Å²) in [6.07, 6.45) is 1.95. The predicted octanol–water partition coefficient (Wildman–Crippen LogP) is 1.50. The molecule has 0 atom stereocenters. The van der Waals surface area contributed by atoms with Crippen LogP contribution in [0.3, 0.4) is 0 Å². The summed E-state index contributed by atoms with van der Waals surface area (Å²) < 4.78 is 0. The van der Waals surface area contributed by atoms with Gasteiger partial charge >= 0.3 is 0 Å². The molecule has 0 radical (unpaired) electrons. The molecule has 0 unspecified atom stereocenters. The summed E-state index contributed by atoms with van der Waals surface area (Å²) in [6.45, 7) is 2.95. The highest BCUT2D eigenvalue weighted by Gasteiger charge is 2.14. The van der Waals surface area contributed by atoms with Crippen LogP contribution in [0, 0.1) is 11.3 Å². The molecule has 0 fully saturated rings. The monoisotopic (exact) mass is 232 g/mol.